The van der Waals surface area contributed by atoms with Gasteiger partial charge in [0.1, 0.15) is 0 Å². The normalized spacial score (nSPS) is 12.1. The molecule has 4 nitrogen and oxygen atoms in total. The molecule has 0 aromatic carbocycles. The largest absolute Gasteiger partial charge is 0.477 e. The number of hydrogen-bond acceptors (Lipinski definition) is 2. The predicted octanol–water partition coefficient (Wildman–Crippen LogP) is 2.00. The Morgan fingerprint density at radius 1 is 1.47 bits per heavy atom. The second-order valence-corrected chi connectivity index (χ2v) is 2.44. The Labute approximate surface area is 78.9 Å². The van der Waals surface area contributed by atoms with Crippen molar-refractivity contribution in [3.05, 3.63) is 17.5 Å². The maximum atomic E-state index is 12.1. The molecular formula is C6H3F5N2O2. The molecule has 9 heteroatoms. The van der Waals surface area contributed by atoms with E-state index < -0.39 is 34.8 Å². The van der Waals surface area contributed by atoms with Crippen molar-refractivity contribution >= 4 is 5.97 Å². The number of nitrogens with zero attached hydrogens (tertiary/aromatic N) is 2. The fraction of sp³-hybridized carbons (Fsp3) is 0.333. The molecule has 1 aromatic rings. The molecule has 0 fully saturated rings. The van der Waals surface area contributed by atoms with Crippen molar-refractivity contribution < 1.29 is 31.9 Å². The maximum Gasteiger partial charge on any atom is 0.435 e. The van der Waals surface area contributed by atoms with E-state index in [9.17, 15) is 26.7 Å². The van der Waals surface area contributed by atoms with E-state index in [4.69, 9.17) is 5.11 Å². The molecule has 15 heavy (non-hydrogen) atoms. The zero-order valence-corrected chi connectivity index (χ0v) is 6.79. The van der Waals surface area contributed by atoms with E-state index in [0.717, 1.165) is 0 Å². The molecule has 0 atom stereocenters. The predicted molar refractivity (Wildman–Crippen MR) is 35.4 cm³/mol. The molecule has 84 valence electrons. The second-order valence-electron chi connectivity index (χ2n) is 2.44. The Kier molecular flexibility index (Phi) is 2.65. The van der Waals surface area contributed by atoms with Gasteiger partial charge in [-0.1, -0.05) is 0 Å². The quantitative estimate of drug-likeness (QED) is 0.790. The molecule has 0 radical (unpaired) electrons. The molecule has 1 heterocycles. The SMILES string of the molecule is O=C(O)c1cc(C(F)(F)F)nn1C(F)F. The Morgan fingerprint density at radius 3 is 2.27 bits per heavy atom. The van der Waals surface area contributed by atoms with Gasteiger partial charge in [0.25, 0.3) is 0 Å². The van der Waals surface area contributed by atoms with Crippen LogP contribution in [-0.2, 0) is 6.18 Å². The number of rotatable bonds is 2. The number of carbonyl (C=O) groups is 1. The summed E-state index contributed by atoms with van der Waals surface area (Å²) in [5.41, 5.74) is -2.88. The standard InChI is InChI=1S/C6H3F5N2O2/c7-5(8)13-2(4(14)15)1-3(12-13)6(9,10)11/h1,5H,(H,14,15). The first-order valence-electron chi connectivity index (χ1n) is 3.41. The lowest BCUT2D eigenvalue weighted by atomic mass is 10.3. The smallest absolute Gasteiger partial charge is 0.435 e. The molecular weight excluding hydrogens is 227 g/mol. The lowest BCUT2D eigenvalue weighted by Gasteiger charge is -2.01. The number of halogens is 5. The van der Waals surface area contributed by atoms with Crippen molar-refractivity contribution in [3.63, 3.8) is 0 Å². The average Bonchev–Trinajstić information content (AvgIpc) is 2.45. The molecule has 0 unspecified atom stereocenters. The average molecular weight is 230 g/mol. The number of hydrogen-bond donors (Lipinski definition) is 1. The van der Waals surface area contributed by atoms with E-state index in [2.05, 4.69) is 5.10 Å². The Hall–Kier alpha value is -1.67. The van der Waals surface area contributed by atoms with Gasteiger partial charge in [-0.2, -0.15) is 31.7 Å². The first kappa shape index (κ1) is 11.4. The van der Waals surface area contributed by atoms with Gasteiger partial charge in [0.2, 0.25) is 0 Å². The molecule has 1 N–H and O–H groups in total. The molecule has 0 bridgehead atoms. The van der Waals surface area contributed by atoms with Crippen LogP contribution >= 0.6 is 0 Å². The van der Waals surface area contributed by atoms with Crippen LogP contribution in [0, 0.1) is 0 Å². The minimum atomic E-state index is -4.95. The van der Waals surface area contributed by atoms with Crippen LogP contribution in [0.4, 0.5) is 22.0 Å². The van der Waals surface area contributed by atoms with Gasteiger partial charge in [-0.25, -0.2) is 4.79 Å². The molecule has 0 aliphatic rings. The van der Waals surface area contributed by atoms with Crippen molar-refractivity contribution in [1.82, 2.24) is 9.78 Å². The third kappa shape index (κ3) is 2.22. The van der Waals surface area contributed by atoms with E-state index in [1.54, 1.807) is 0 Å². The van der Waals surface area contributed by atoms with Gasteiger partial charge in [-0.05, 0) is 0 Å². The number of aromatic carboxylic acids is 1. The summed E-state index contributed by atoms with van der Waals surface area (Å²) in [4.78, 5) is 10.3. The van der Waals surface area contributed by atoms with Crippen LogP contribution in [0.3, 0.4) is 0 Å². The van der Waals surface area contributed by atoms with Crippen molar-refractivity contribution in [2.45, 2.75) is 12.7 Å². The number of carboxylic acids is 1. The highest BCUT2D eigenvalue weighted by atomic mass is 19.4. The van der Waals surface area contributed by atoms with Crippen LogP contribution < -0.4 is 0 Å². The fourth-order valence-corrected chi connectivity index (χ4v) is 0.841. The summed E-state index contributed by atoms with van der Waals surface area (Å²) < 4.78 is 59.6. The first-order chi connectivity index (χ1) is 6.73. The number of carboxylic acid groups (broad SMARTS) is 1. The van der Waals surface area contributed by atoms with Crippen molar-refractivity contribution in [2.75, 3.05) is 0 Å². The lowest BCUT2D eigenvalue weighted by Crippen LogP contribution is -2.11. The number of alkyl halides is 5. The van der Waals surface area contributed by atoms with Crippen LogP contribution in [0.1, 0.15) is 22.7 Å². The fourth-order valence-electron chi connectivity index (χ4n) is 0.841. The van der Waals surface area contributed by atoms with E-state index in [0.29, 0.717) is 0 Å². The molecule has 0 saturated heterocycles. The second kappa shape index (κ2) is 3.48. The zero-order chi connectivity index (χ0) is 11.8. The Morgan fingerprint density at radius 2 is 2.00 bits per heavy atom. The van der Waals surface area contributed by atoms with E-state index in [1.165, 1.54) is 0 Å². The minimum Gasteiger partial charge on any atom is -0.477 e. The van der Waals surface area contributed by atoms with Gasteiger partial charge in [-0.3, -0.25) is 0 Å². The van der Waals surface area contributed by atoms with Gasteiger partial charge < -0.3 is 5.11 Å². The molecule has 0 aliphatic heterocycles. The summed E-state index contributed by atoms with van der Waals surface area (Å²) in [6.07, 6.45) is -4.95. The zero-order valence-electron chi connectivity index (χ0n) is 6.79. The molecule has 0 saturated carbocycles. The van der Waals surface area contributed by atoms with Crippen LogP contribution in [-0.4, -0.2) is 20.9 Å². The summed E-state index contributed by atoms with van der Waals surface area (Å²) in [7, 11) is 0. The summed E-state index contributed by atoms with van der Waals surface area (Å²) in [5.74, 6) is -1.90. The molecule has 0 spiro atoms. The topological polar surface area (TPSA) is 55.1 Å². The highest BCUT2D eigenvalue weighted by Gasteiger charge is 2.37. The minimum absolute atomic E-state index is 0.0501. The van der Waals surface area contributed by atoms with Crippen molar-refractivity contribution in [1.29, 1.82) is 0 Å². The van der Waals surface area contributed by atoms with Crippen LogP contribution in [0.15, 0.2) is 6.07 Å². The summed E-state index contributed by atoms with van der Waals surface area (Å²) >= 11 is 0. The summed E-state index contributed by atoms with van der Waals surface area (Å²) in [6, 6.07) is 0.0501. The maximum absolute atomic E-state index is 12.1. The van der Waals surface area contributed by atoms with Crippen molar-refractivity contribution in [2.24, 2.45) is 0 Å². The van der Waals surface area contributed by atoms with Gasteiger partial charge in [0.05, 0.1) is 0 Å². The third-order valence-corrected chi connectivity index (χ3v) is 1.43. The summed E-state index contributed by atoms with van der Waals surface area (Å²) in [5, 5.41) is 10.8. The van der Waals surface area contributed by atoms with Crippen LogP contribution in [0.25, 0.3) is 0 Å². The highest BCUT2D eigenvalue weighted by Crippen LogP contribution is 2.29. The van der Waals surface area contributed by atoms with Gasteiger partial charge in [0.15, 0.2) is 11.4 Å². The van der Waals surface area contributed by atoms with Crippen LogP contribution in [0.5, 0.6) is 0 Å². The van der Waals surface area contributed by atoms with Gasteiger partial charge >= 0.3 is 18.7 Å². The molecule has 1 rings (SSSR count). The van der Waals surface area contributed by atoms with Gasteiger partial charge in [-0.15, -0.1) is 0 Å². The van der Waals surface area contributed by atoms with Crippen LogP contribution in [0.2, 0.25) is 0 Å². The van der Waals surface area contributed by atoms with E-state index in [1.807, 2.05) is 0 Å². The third-order valence-electron chi connectivity index (χ3n) is 1.43. The number of aromatic nitrogens is 2. The lowest BCUT2D eigenvalue weighted by molar-refractivity contribution is -0.142. The molecule has 0 amide bonds. The molecule has 0 aliphatic carbocycles. The van der Waals surface area contributed by atoms with E-state index >= 15 is 0 Å². The van der Waals surface area contributed by atoms with Gasteiger partial charge in [0, 0.05) is 6.07 Å². The van der Waals surface area contributed by atoms with E-state index in [-0.39, 0.29) is 6.07 Å². The monoisotopic (exact) mass is 230 g/mol. The Balaban J connectivity index is 3.28. The summed E-state index contributed by atoms with van der Waals surface area (Å²) in [6.45, 7) is -3.44. The van der Waals surface area contributed by atoms with Crippen molar-refractivity contribution in [3.8, 4) is 0 Å². The Bertz CT molecular complexity index is 383. The molecule has 1 aromatic heterocycles. The first-order valence-corrected chi connectivity index (χ1v) is 3.41. The highest BCUT2D eigenvalue weighted by molar-refractivity contribution is 5.85.